The second-order valence-corrected chi connectivity index (χ2v) is 9.23. The Hall–Kier alpha value is -3.65. The summed E-state index contributed by atoms with van der Waals surface area (Å²) >= 11 is 0. The minimum absolute atomic E-state index is 0.0203. The van der Waals surface area contributed by atoms with E-state index in [4.69, 9.17) is 4.74 Å². The average molecular weight is 475 g/mol. The molecular weight excluding hydrogens is 444 g/mol. The average Bonchev–Trinajstić information content (AvgIpc) is 2.93. The molecule has 8 heteroatoms. The summed E-state index contributed by atoms with van der Waals surface area (Å²) in [5.41, 5.74) is 2.93. The van der Waals surface area contributed by atoms with Crippen LogP contribution in [0.5, 0.6) is 5.88 Å². The SMILES string of the molecule is O=C(NO)[C@H]1CC(Oc2nccc3ccccc23)CCC1C(=O)N1CCN(c2ccccc2)CC1. The standard InChI is InChI=1S/C27H30N4O4/c32-25(29-34)24-18-21(35-26-22-9-5-4-6-19(22)12-13-28-26)10-11-23(24)27(33)31-16-14-30(15-17-31)20-7-2-1-3-8-20/h1-9,12-13,21,23-24,34H,10-11,14-18H2,(H,29,32)/t21?,23?,24-/m0/s1. The summed E-state index contributed by atoms with van der Waals surface area (Å²) in [6, 6.07) is 20.0. The number of hydrogen-bond acceptors (Lipinski definition) is 6. The molecule has 0 bridgehead atoms. The number of fused-ring (bicyclic) bond motifs is 1. The van der Waals surface area contributed by atoms with Gasteiger partial charge < -0.3 is 14.5 Å². The van der Waals surface area contributed by atoms with Gasteiger partial charge in [0, 0.05) is 43.4 Å². The van der Waals surface area contributed by atoms with Gasteiger partial charge in [-0.05, 0) is 48.9 Å². The van der Waals surface area contributed by atoms with Crippen LogP contribution in [0, 0.1) is 11.8 Å². The smallest absolute Gasteiger partial charge is 0.247 e. The van der Waals surface area contributed by atoms with Crippen LogP contribution in [0.15, 0.2) is 66.9 Å². The molecule has 2 heterocycles. The first-order valence-electron chi connectivity index (χ1n) is 12.2. The van der Waals surface area contributed by atoms with Gasteiger partial charge in [-0.1, -0.05) is 36.4 Å². The van der Waals surface area contributed by atoms with Crippen molar-refractivity contribution in [2.75, 3.05) is 31.1 Å². The number of carbonyl (C=O) groups excluding carboxylic acids is 2. The van der Waals surface area contributed by atoms with Crippen molar-refractivity contribution in [3.63, 3.8) is 0 Å². The Morgan fingerprint density at radius 3 is 2.43 bits per heavy atom. The summed E-state index contributed by atoms with van der Waals surface area (Å²) in [5.74, 6) is -1.17. The molecule has 2 aromatic carbocycles. The van der Waals surface area contributed by atoms with Crippen molar-refractivity contribution in [3.05, 3.63) is 66.9 Å². The van der Waals surface area contributed by atoms with Gasteiger partial charge in [0.05, 0.1) is 11.8 Å². The number of anilines is 1. The Balaban J connectivity index is 1.25. The number of rotatable bonds is 5. The molecule has 1 saturated heterocycles. The molecule has 1 aliphatic heterocycles. The maximum Gasteiger partial charge on any atom is 0.247 e. The van der Waals surface area contributed by atoms with Crippen molar-refractivity contribution < 1.29 is 19.5 Å². The van der Waals surface area contributed by atoms with E-state index < -0.39 is 17.7 Å². The zero-order valence-electron chi connectivity index (χ0n) is 19.5. The van der Waals surface area contributed by atoms with E-state index in [2.05, 4.69) is 22.0 Å². The highest BCUT2D eigenvalue weighted by Gasteiger charge is 2.42. The lowest BCUT2D eigenvalue weighted by Gasteiger charge is -2.40. The molecular formula is C27H30N4O4. The summed E-state index contributed by atoms with van der Waals surface area (Å²) in [4.78, 5) is 34.6. The van der Waals surface area contributed by atoms with Crippen molar-refractivity contribution >= 4 is 28.3 Å². The molecule has 8 nitrogen and oxygen atoms in total. The molecule has 182 valence electrons. The van der Waals surface area contributed by atoms with Gasteiger partial charge in [0.25, 0.3) is 0 Å². The molecule has 2 unspecified atom stereocenters. The van der Waals surface area contributed by atoms with E-state index in [0.717, 1.165) is 29.5 Å². The highest BCUT2D eigenvalue weighted by molar-refractivity contribution is 5.88. The summed E-state index contributed by atoms with van der Waals surface area (Å²) in [7, 11) is 0. The fourth-order valence-electron chi connectivity index (χ4n) is 5.31. The van der Waals surface area contributed by atoms with E-state index in [1.165, 1.54) is 0 Å². The molecule has 1 aromatic heterocycles. The van der Waals surface area contributed by atoms with Crippen LogP contribution in [0.3, 0.4) is 0 Å². The van der Waals surface area contributed by atoms with Crippen LogP contribution >= 0.6 is 0 Å². The summed E-state index contributed by atoms with van der Waals surface area (Å²) < 4.78 is 6.23. The number of amides is 2. The van der Waals surface area contributed by atoms with Gasteiger partial charge in [-0.15, -0.1) is 0 Å². The number of aromatic nitrogens is 1. The summed E-state index contributed by atoms with van der Waals surface area (Å²) in [6.07, 6.45) is 2.94. The van der Waals surface area contributed by atoms with Crippen LogP contribution in [-0.2, 0) is 9.59 Å². The Bertz CT molecular complexity index is 1170. The van der Waals surface area contributed by atoms with Crippen molar-refractivity contribution in [1.29, 1.82) is 0 Å². The predicted octanol–water partition coefficient (Wildman–Crippen LogP) is 3.25. The van der Waals surface area contributed by atoms with Gasteiger partial charge in [-0.2, -0.15) is 0 Å². The first-order chi connectivity index (χ1) is 17.1. The number of ether oxygens (including phenoxy) is 1. The monoisotopic (exact) mass is 474 g/mol. The molecule has 5 rings (SSSR count). The third kappa shape index (κ3) is 4.93. The minimum Gasteiger partial charge on any atom is -0.474 e. The van der Waals surface area contributed by atoms with Crippen LogP contribution in [0.25, 0.3) is 10.8 Å². The minimum atomic E-state index is -0.659. The number of para-hydroxylation sites is 1. The number of piperazine rings is 1. The van der Waals surface area contributed by atoms with E-state index in [-0.39, 0.29) is 12.0 Å². The molecule has 0 spiro atoms. The van der Waals surface area contributed by atoms with Crippen molar-refractivity contribution in [1.82, 2.24) is 15.4 Å². The third-order valence-corrected chi connectivity index (χ3v) is 7.19. The van der Waals surface area contributed by atoms with Gasteiger partial charge in [0.2, 0.25) is 17.7 Å². The largest absolute Gasteiger partial charge is 0.474 e. The molecule has 0 radical (unpaired) electrons. The first-order valence-corrected chi connectivity index (χ1v) is 12.2. The number of hydroxylamine groups is 1. The third-order valence-electron chi connectivity index (χ3n) is 7.19. The number of benzene rings is 2. The number of hydrogen-bond donors (Lipinski definition) is 2. The quantitative estimate of drug-likeness (QED) is 0.436. The highest BCUT2D eigenvalue weighted by Crippen LogP contribution is 2.35. The van der Waals surface area contributed by atoms with E-state index in [0.29, 0.717) is 38.2 Å². The van der Waals surface area contributed by atoms with Crippen molar-refractivity contribution in [2.45, 2.75) is 25.4 Å². The lowest BCUT2D eigenvalue weighted by molar-refractivity contribution is -0.148. The Morgan fingerprint density at radius 1 is 0.914 bits per heavy atom. The van der Waals surface area contributed by atoms with Gasteiger partial charge in [0.15, 0.2) is 0 Å². The molecule has 3 atom stereocenters. The maximum absolute atomic E-state index is 13.5. The molecule has 35 heavy (non-hydrogen) atoms. The molecule has 2 amide bonds. The predicted molar refractivity (Wildman–Crippen MR) is 132 cm³/mol. The van der Waals surface area contributed by atoms with Crippen LogP contribution in [0.4, 0.5) is 5.69 Å². The van der Waals surface area contributed by atoms with Gasteiger partial charge in [-0.25, -0.2) is 10.5 Å². The lowest BCUT2D eigenvalue weighted by atomic mass is 9.76. The van der Waals surface area contributed by atoms with E-state index in [1.807, 2.05) is 53.4 Å². The first kappa shape index (κ1) is 23.1. The maximum atomic E-state index is 13.5. The second-order valence-electron chi connectivity index (χ2n) is 9.23. The molecule has 2 N–H and O–H groups in total. The fourth-order valence-corrected chi connectivity index (χ4v) is 5.31. The Labute approximate surface area is 204 Å². The number of pyridine rings is 1. The number of nitrogens with one attached hydrogen (secondary N) is 1. The number of nitrogens with zero attached hydrogens (tertiary/aromatic N) is 3. The van der Waals surface area contributed by atoms with Crippen molar-refractivity contribution in [3.8, 4) is 5.88 Å². The number of carbonyl (C=O) groups is 2. The fraction of sp³-hybridized carbons (Fsp3) is 0.370. The highest BCUT2D eigenvalue weighted by atomic mass is 16.5. The Morgan fingerprint density at radius 2 is 1.66 bits per heavy atom. The topological polar surface area (TPSA) is 95.0 Å². The lowest BCUT2D eigenvalue weighted by Crippen LogP contribution is -2.53. The van der Waals surface area contributed by atoms with Crippen LogP contribution in [0.2, 0.25) is 0 Å². The summed E-state index contributed by atoms with van der Waals surface area (Å²) in [6.45, 7) is 2.71. The zero-order chi connectivity index (χ0) is 24.2. The van der Waals surface area contributed by atoms with E-state index in [9.17, 15) is 14.8 Å². The van der Waals surface area contributed by atoms with Crippen molar-refractivity contribution in [2.24, 2.45) is 11.8 Å². The summed E-state index contributed by atoms with van der Waals surface area (Å²) in [5, 5.41) is 11.3. The van der Waals surface area contributed by atoms with Gasteiger partial charge in [-0.3, -0.25) is 14.8 Å². The second kappa shape index (κ2) is 10.3. The molecule has 1 aliphatic carbocycles. The van der Waals surface area contributed by atoms with E-state index in [1.54, 1.807) is 11.7 Å². The van der Waals surface area contributed by atoms with Crippen LogP contribution in [0.1, 0.15) is 19.3 Å². The van der Waals surface area contributed by atoms with Gasteiger partial charge in [0.1, 0.15) is 6.10 Å². The van der Waals surface area contributed by atoms with E-state index >= 15 is 0 Å². The molecule has 1 saturated carbocycles. The van der Waals surface area contributed by atoms with Crippen LogP contribution in [-0.4, -0.2) is 59.2 Å². The van der Waals surface area contributed by atoms with Crippen LogP contribution < -0.4 is 15.1 Å². The zero-order valence-corrected chi connectivity index (χ0v) is 19.5. The Kier molecular flexibility index (Phi) is 6.81. The molecule has 3 aromatic rings. The molecule has 2 aliphatic rings. The normalized spacial score (nSPS) is 22.6. The molecule has 2 fully saturated rings. The van der Waals surface area contributed by atoms with Gasteiger partial charge >= 0.3 is 0 Å².